The summed E-state index contributed by atoms with van der Waals surface area (Å²) in [7, 11) is 0. The van der Waals surface area contributed by atoms with Crippen molar-refractivity contribution < 1.29 is 9.90 Å². The van der Waals surface area contributed by atoms with Crippen molar-refractivity contribution in [1.29, 1.82) is 0 Å². The summed E-state index contributed by atoms with van der Waals surface area (Å²) in [6.45, 7) is 14.5. The Morgan fingerprint density at radius 3 is 1.41 bits per heavy atom. The molecule has 0 radical (unpaired) electrons. The van der Waals surface area contributed by atoms with Crippen molar-refractivity contribution in [2.45, 2.75) is 61.3 Å². The molecule has 0 heterocycles. The van der Waals surface area contributed by atoms with Gasteiger partial charge in [-0.15, -0.1) is 0 Å². The van der Waals surface area contributed by atoms with Gasteiger partial charge in [0.2, 0.25) is 0 Å². The molecule has 1 N–H and O–H groups in total. The zero-order chi connectivity index (χ0) is 25.8. The van der Waals surface area contributed by atoms with E-state index >= 15 is 0 Å². The van der Waals surface area contributed by atoms with Crippen LogP contribution in [0.3, 0.4) is 0 Å². The molecule has 0 aliphatic rings. The first-order valence-electron chi connectivity index (χ1n) is 11.7. The fourth-order valence-electron chi connectivity index (χ4n) is 2.58. The Labute approximate surface area is 207 Å². The summed E-state index contributed by atoms with van der Waals surface area (Å²) in [6, 6.07) is 0. The van der Waals surface area contributed by atoms with Crippen LogP contribution in [-0.4, -0.2) is 11.1 Å². The van der Waals surface area contributed by atoms with Gasteiger partial charge in [0.15, 0.2) is 0 Å². The second-order valence-corrected chi connectivity index (χ2v) is 8.61. The van der Waals surface area contributed by atoms with Crippen molar-refractivity contribution in [3.8, 4) is 0 Å². The highest BCUT2D eigenvalue weighted by atomic mass is 16.4. The molecule has 2 nitrogen and oxygen atoms in total. The van der Waals surface area contributed by atoms with Gasteiger partial charge in [0.1, 0.15) is 0 Å². The van der Waals surface area contributed by atoms with E-state index in [1.54, 1.807) is 6.08 Å². The summed E-state index contributed by atoms with van der Waals surface area (Å²) in [4.78, 5) is 10.5. The van der Waals surface area contributed by atoms with Crippen LogP contribution in [0.2, 0.25) is 0 Å². The van der Waals surface area contributed by atoms with Crippen LogP contribution >= 0.6 is 0 Å². The fourth-order valence-corrected chi connectivity index (χ4v) is 2.58. The third-order valence-electron chi connectivity index (χ3n) is 4.59. The molecule has 0 aromatic heterocycles. The van der Waals surface area contributed by atoms with E-state index in [2.05, 4.69) is 83.2 Å². The number of carboxylic acid groups (broad SMARTS) is 1. The van der Waals surface area contributed by atoms with Crippen LogP contribution in [0.15, 0.2) is 131 Å². The molecule has 0 amide bonds. The third-order valence-corrected chi connectivity index (χ3v) is 4.59. The molecule has 0 rings (SSSR count). The minimum atomic E-state index is -0.941. The Balaban J connectivity index is 4.68. The van der Waals surface area contributed by atoms with Crippen molar-refractivity contribution in [3.05, 3.63) is 131 Å². The maximum Gasteiger partial charge on any atom is 0.328 e. The Morgan fingerprint density at radius 2 is 0.971 bits per heavy atom. The van der Waals surface area contributed by atoms with Crippen LogP contribution in [0.1, 0.15) is 61.3 Å². The Hall–Kier alpha value is -3.39. The molecule has 0 aromatic carbocycles. The number of carbonyl (C=O) groups is 1. The zero-order valence-electron chi connectivity index (χ0n) is 22.0. The van der Waals surface area contributed by atoms with Crippen molar-refractivity contribution in [2.24, 2.45) is 0 Å². The first-order chi connectivity index (χ1) is 16.1. The van der Waals surface area contributed by atoms with Gasteiger partial charge in [0, 0.05) is 6.08 Å². The van der Waals surface area contributed by atoms with E-state index in [1.165, 1.54) is 22.3 Å². The summed E-state index contributed by atoms with van der Waals surface area (Å²) >= 11 is 0. The average molecular weight is 459 g/mol. The predicted molar refractivity (Wildman–Crippen MR) is 151 cm³/mol. The van der Waals surface area contributed by atoms with Gasteiger partial charge in [0.05, 0.1) is 0 Å². The summed E-state index contributed by atoms with van der Waals surface area (Å²) in [5.41, 5.74) is 7.14. The molecule has 0 spiro atoms. The van der Waals surface area contributed by atoms with Gasteiger partial charge >= 0.3 is 5.97 Å². The van der Waals surface area contributed by atoms with Crippen molar-refractivity contribution in [3.63, 3.8) is 0 Å². The van der Waals surface area contributed by atoms with Crippen LogP contribution in [0, 0.1) is 0 Å². The normalized spacial score (nSPS) is 15.1. The van der Waals surface area contributed by atoms with Crippen LogP contribution in [0.25, 0.3) is 0 Å². The number of hydrogen-bond donors (Lipinski definition) is 1. The van der Waals surface area contributed by atoms with Crippen LogP contribution in [-0.2, 0) is 4.79 Å². The quantitative estimate of drug-likeness (QED) is 0.169. The van der Waals surface area contributed by atoms with E-state index in [-0.39, 0.29) is 0 Å². The number of allylic oxidation sites excluding steroid dienone is 21. The molecular weight excluding hydrogens is 416 g/mol. The lowest BCUT2D eigenvalue weighted by atomic mass is 10.1. The summed E-state index contributed by atoms with van der Waals surface area (Å²) in [5, 5.41) is 8.62. The van der Waals surface area contributed by atoms with Gasteiger partial charge in [0.25, 0.3) is 0 Å². The molecule has 2 heteroatoms. The lowest BCUT2D eigenvalue weighted by molar-refractivity contribution is -0.131. The van der Waals surface area contributed by atoms with E-state index in [4.69, 9.17) is 5.11 Å². The number of rotatable bonds is 13. The third kappa shape index (κ3) is 20.5. The first kappa shape index (κ1) is 30.6. The Bertz CT molecular complexity index is 974. The van der Waals surface area contributed by atoms with Gasteiger partial charge in [-0.2, -0.15) is 0 Å². The van der Waals surface area contributed by atoms with Gasteiger partial charge in [-0.05, 0) is 61.3 Å². The highest BCUT2D eigenvalue weighted by Crippen LogP contribution is 2.07. The molecule has 0 aliphatic heterocycles. The molecule has 34 heavy (non-hydrogen) atoms. The molecule has 0 aliphatic carbocycles. The van der Waals surface area contributed by atoms with Crippen LogP contribution < -0.4 is 0 Å². The summed E-state index contributed by atoms with van der Waals surface area (Å²) in [5.74, 6) is -0.941. The number of hydrogen-bond acceptors (Lipinski definition) is 1. The molecule has 0 unspecified atom stereocenters. The van der Waals surface area contributed by atoms with Gasteiger partial charge in [-0.3, -0.25) is 0 Å². The lowest BCUT2D eigenvalue weighted by Gasteiger charge is -1.96. The highest BCUT2D eigenvalue weighted by Gasteiger charge is 1.87. The number of aliphatic carboxylic acids is 1. The van der Waals surface area contributed by atoms with E-state index in [0.717, 1.165) is 30.1 Å². The maximum absolute atomic E-state index is 10.5. The Morgan fingerprint density at radius 1 is 0.559 bits per heavy atom. The predicted octanol–water partition coefficient (Wildman–Crippen LogP) is 9.33. The van der Waals surface area contributed by atoms with E-state index in [1.807, 2.05) is 50.3 Å². The highest BCUT2D eigenvalue weighted by molar-refractivity contribution is 5.80. The molecule has 0 bridgehead atoms. The summed E-state index contributed by atoms with van der Waals surface area (Å²) in [6.07, 6.45) is 33.8. The SMILES string of the molecule is CC(C)=CCC/C(C)=C/C=C/C(C)=C/C=C/C(C)=C/C=C/C=C(C)/C=C/C=C(C)/C=C/C(=O)O. The van der Waals surface area contributed by atoms with Crippen LogP contribution in [0.4, 0.5) is 0 Å². The molecule has 0 atom stereocenters. The second-order valence-electron chi connectivity index (χ2n) is 8.61. The maximum atomic E-state index is 10.5. The molecule has 0 saturated carbocycles. The van der Waals surface area contributed by atoms with Crippen molar-refractivity contribution >= 4 is 5.97 Å². The van der Waals surface area contributed by atoms with Gasteiger partial charge in [-0.25, -0.2) is 4.79 Å². The van der Waals surface area contributed by atoms with Crippen LogP contribution in [0.5, 0.6) is 0 Å². The van der Waals surface area contributed by atoms with Gasteiger partial charge in [-0.1, -0.05) is 125 Å². The minimum Gasteiger partial charge on any atom is -0.478 e. The van der Waals surface area contributed by atoms with Gasteiger partial charge < -0.3 is 5.11 Å². The van der Waals surface area contributed by atoms with E-state index < -0.39 is 5.97 Å². The zero-order valence-corrected chi connectivity index (χ0v) is 22.0. The fraction of sp³-hybridized carbons (Fsp3) is 0.281. The molecule has 0 saturated heterocycles. The summed E-state index contributed by atoms with van der Waals surface area (Å²) < 4.78 is 0. The molecule has 0 fully saturated rings. The molecule has 182 valence electrons. The number of carboxylic acids is 1. The molecule has 0 aromatic rings. The monoisotopic (exact) mass is 458 g/mol. The van der Waals surface area contributed by atoms with E-state index in [9.17, 15) is 4.79 Å². The lowest BCUT2D eigenvalue weighted by Crippen LogP contribution is -1.85. The average Bonchev–Trinajstić information content (AvgIpc) is 2.75. The van der Waals surface area contributed by atoms with Crippen molar-refractivity contribution in [1.82, 2.24) is 0 Å². The second kappa shape index (κ2) is 19.1. The molecular formula is C32H42O2. The largest absolute Gasteiger partial charge is 0.478 e. The van der Waals surface area contributed by atoms with Crippen molar-refractivity contribution in [2.75, 3.05) is 0 Å². The minimum absolute atomic E-state index is 0.883. The standard InChI is InChI=1S/C32H42O2/c1-26(2)14-10-17-29(5)20-12-22-30(6)21-11-18-27(3)15-8-9-16-28(4)19-13-23-31(7)24-25-32(33)34/h8-9,11-16,18-25H,10,17H2,1-7H3,(H,33,34)/b9-8+,18-11+,19-13+,22-12+,25-24+,27-15+,28-16+,29-20+,30-21+,31-23+. The van der Waals surface area contributed by atoms with E-state index in [0.29, 0.717) is 0 Å². The first-order valence-corrected chi connectivity index (χ1v) is 11.7. The smallest absolute Gasteiger partial charge is 0.328 e. The Kier molecular flexibility index (Phi) is 17.2. The topological polar surface area (TPSA) is 37.3 Å².